The molecule has 1 aliphatic rings. The van der Waals surface area contributed by atoms with E-state index < -0.39 is 0 Å². The Labute approximate surface area is 359 Å². The molecule has 0 atom stereocenters. The minimum Gasteiger partial charge on any atom is -0.514 e. The zero-order valence-electron chi connectivity index (χ0n) is 34.4. The first-order chi connectivity index (χ1) is 27.8. The summed E-state index contributed by atoms with van der Waals surface area (Å²) in [5, 5.41) is 4.11. The molecule has 9 aromatic rings. The van der Waals surface area contributed by atoms with E-state index in [0.29, 0.717) is 22.8 Å². The Morgan fingerprint density at radius 3 is 2.14 bits per heavy atom. The molecule has 0 saturated heterocycles. The van der Waals surface area contributed by atoms with Gasteiger partial charge in [0.2, 0.25) is 0 Å². The summed E-state index contributed by atoms with van der Waals surface area (Å²) in [6.07, 6.45) is 3.72. The van der Waals surface area contributed by atoms with Gasteiger partial charge >= 0.3 is 0 Å². The van der Waals surface area contributed by atoms with Crippen molar-refractivity contribution in [2.24, 2.45) is 0 Å². The third-order valence-electron chi connectivity index (χ3n) is 11.3. The molecular weight excluding hydrogens is 910 g/mol. The number of fused-ring (bicyclic) bond motifs is 7. The summed E-state index contributed by atoms with van der Waals surface area (Å²) in [6, 6.07) is 42.9. The Morgan fingerprint density at radius 2 is 1.37 bits per heavy atom. The van der Waals surface area contributed by atoms with Crippen molar-refractivity contribution >= 4 is 66.6 Å². The molecule has 5 aromatic carbocycles. The average Bonchev–Trinajstić information content (AvgIpc) is 3.87. The van der Waals surface area contributed by atoms with Gasteiger partial charge in [-0.15, -0.1) is 36.3 Å². The van der Waals surface area contributed by atoms with Crippen LogP contribution in [-0.2, 0) is 31.9 Å². The molecule has 0 radical (unpaired) electrons. The van der Waals surface area contributed by atoms with Crippen molar-refractivity contribution in [3.63, 3.8) is 0 Å². The van der Waals surface area contributed by atoms with E-state index in [1.165, 1.54) is 22.3 Å². The van der Waals surface area contributed by atoms with Gasteiger partial charge in [0.15, 0.2) is 0 Å². The molecule has 1 aliphatic heterocycles. The van der Waals surface area contributed by atoms with Crippen LogP contribution in [0.4, 0.5) is 22.9 Å². The van der Waals surface area contributed by atoms with Gasteiger partial charge in [0.1, 0.15) is 17.2 Å². The minimum atomic E-state index is -0.0355. The second-order valence-corrected chi connectivity index (χ2v) is 17.4. The molecule has 59 heavy (non-hydrogen) atoms. The summed E-state index contributed by atoms with van der Waals surface area (Å²) in [6.45, 7) is 19.9. The van der Waals surface area contributed by atoms with Gasteiger partial charge in [-0.3, -0.25) is 0 Å². The first kappa shape index (κ1) is 38.6. The predicted octanol–water partition coefficient (Wildman–Crippen LogP) is 13.5. The van der Waals surface area contributed by atoms with Crippen molar-refractivity contribution < 1.29 is 30.2 Å². The molecule has 7 nitrogen and oxygen atoms in total. The molecule has 4 aromatic heterocycles. The number of pyridine rings is 2. The molecule has 0 bridgehead atoms. The summed E-state index contributed by atoms with van der Waals surface area (Å²) >= 11 is 0. The number of anilines is 4. The Balaban J connectivity index is 0.00000449. The van der Waals surface area contributed by atoms with Crippen LogP contribution in [0.2, 0.25) is 0 Å². The van der Waals surface area contributed by atoms with Crippen LogP contribution in [0.15, 0.2) is 120 Å². The van der Waals surface area contributed by atoms with Crippen molar-refractivity contribution in [3.05, 3.63) is 157 Å². The van der Waals surface area contributed by atoms with Gasteiger partial charge in [0.05, 0.1) is 5.69 Å². The van der Waals surface area contributed by atoms with Crippen molar-refractivity contribution in [2.45, 2.75) is 66.2 Å². The van der Waals surface area contributed by atoms with Crippen LogP contribution in [-0.4, -0.2) is 14.5 Å². The number of furan rings is 1. The molecule has 0 amide bonds. The maximum atomic E-state index is 6.80. The van der Waals surface area contributed by atoms with E-state index in [-0.39, 0.29) is 31.9 Å². The number of rotatable bonds is 5. The fraction of sp³-hybridized carbons (Fsp3) is 0.196. The monoisotopic (exact) mass is 953 g/mol. The number of para-hydroxylation sites is 2. The molecule has 0 spiro atoms. The Bertz CT molecular complexity index is 3070. The van der Waals surface area contributed by atoms with E-state index >= 15 is 0 Å². The Kier molecular flexibility index (Phi) is 9.24. The van der Waals surface area contributed by atoms with Crippen molar-refractivity contribution in [2.75, 3.05) is 9.80 Å². The third kappa shape index (κ3) is 6.47. The number of benzene rings is 5. The minimum absolute atomic E-state index is 0. The number of ether oxygens (including phenoxy) is 1. The maximum absolute atomic E-state index is 6.80. The average molecular weight is 954 g/mol. The van der Waals surface area contributed by atoms with E-state index in [9.17, 15) is 0 Å². The van der Waals surface area contributed by atoms with E-state index in [1.807, 2.05) is 48.8 Å². The van der Waals surface area contributed by atoms with E-state index in [0.717, 1.165) is 61.2 Å². The summed E-state index contributed by atoms with van der Waals surface area (Å²) in [4.78, 5) is 14.1. The summed E-state index contributed by atoms with van der Waals surface area (Å²) in [5.41, 5.74) is 11.1. The standard InChI is InChI=1S/C51H44N5O2.Pt/c1-31-24-34(51(6,7)8)25-32(2)47(31)54-30-55(49-42(54)17-13-22-53-49)44-29-36(27-40-39-15-10-12-18-45(39)58-48(40)44)57-35-19-20-38-37-14-9-11-16-41(37)56(43(38)28-35)46-26-33(21-23-52-46)50(3,4)5;/h9-27,30H,1-8H3;/q-3;. The van der Waals surface area contributed by atoms with Gasteiger partial charge in [0, 0.05) is 67.1 Å². The van der Waals surface area contributed by atoms with E-state index in [2.05, 4.69) is 155 Å². The van der Waals surface area contributed by atoms with Crippen LogP contribution in [0.3, 0.4) is 0 Å². The zero-order chi connectivity index (χ0) is 40.1. The molecular formula is C51H44N5O2Pt-3. The van der Waals surface area contributed by atoms with Gasteiger partial charge in [-0.1, -0.05) is 107 Å². The molecule has 0 unspecified atom stereocenters. The molecule has 0 saturated carbocycles. The molecule has 8 heteroatoms. The SMILES string of the molecule is Cc1cc(C(C)(C)C)cc(C)c1N1[CH-]N(c2[c-]c(Oc3[c-]c4c(cc3)c3ccccc3n4-c3cc(C(C)(C)C)ccn3)cc3c2oc2ccccc23)c2ncccc21.[Pt]. The number of hydrogen-bond acceptors (Lipinski definition) is 6. The van der Waals surface area contributed by atoms with Gasteiger partial charge in [0.25, 0.3) is 0 Å². The van der Waals surface area contributed by atoms with Crippen LogP contribution in [0.25, 0.3) is 49.6 Å². The molecule has 0 aliphatic carbocycles. The largest absolute Gasteiger partial charge is 0.514 e. The first-order valence-corrected chi connectivity index (χ1v) is 19.8. The normalized spacial score (nSPS) is 13.2. The Hall–Kier alpha value is -5.91. The molecule has 10 rings (SSSR count). The van der Waals surface area contributed by atoms with E-state index in [1.54, 1.807) is 0 Å². The van der Waals surface area contributed by atoms with Crippen LogP contribution in [0.5, 0.6) is 11.5 Å². The molecule has 298 valence electrons. The first-order valence-electron chi connectivity index (χ1n) is 19.8. The Morgan fingerprint density at radius 1 is 0.644 bits per heavy atom. The van der Waals surface area contributed by atoms with Crippen LogP contribution < -0.4 is 14.5 Å². The number of aromatic nitrogens is 3. The fourth-order valence-electron chi connectivity index (χ4n) is 8.35. The summed E-state index contributed by atoms with van der Waals surface area (Å²) in [5.74, 6) is 2.71. The molecule has 0 fully saturated rings. The van der Waals surface area contributed by atoms with Crippen molar-refractivity contribution in [1.29, 1.82) is 0 Å². The van der Waals surface area contributed by atoms with Gasteiger partial charge in [-0.25, -0.2) is 9.97 Å². The second kappa shape index (κ2) is 14.1. The van der Waals surface area contributed by atoms with Crippen LogP contribution >= 0.6 is 0 Å². The molecule has 0 N–H and O–H groups in total. The second-order valence-electron chi connectivity index (χ2n) is 17.4. The van der Waals surface area contributed by atoms with Crippen molar-refractivity contribution in [3.8, 4) is 17.3 Å². The van der Waals surface area contributed by atoms with Crippen LogP contribution in [0, 0.1) is 32.6 Å². The number of aryl methyl sites for hydroxylation is 2. The zero-order valence-corrected chi connectivity index (χ0v) is 36.7. The topological polar surface area (TPSA) is 59.6 Å². The van der Waals surface area contributed by atoms with Gasteiger partial charge in [-0.05, 0) is 88.7 Å². The van der Waals surface area contributed by atoms with Gasteiger partial charge < -0.3 is 23.5 Å². The van der Waals surface area contributed by atoms with E-state index in [4.69, 9.17) is 19.1 Å². The predicted molar refractivity (Wildman–Crippen MR) is 236 cm³/mol. The number of hydrogen-bond donors (Lipinski definition) is 0. The summed E-state index contributed by atoms with van der Waals surface area (Å²) < 4.78 is 15.6. The number of nitrogens with zero attached hydrogens (tertiary/aromatic N) is 5. The van der Waals surface area contributed by atoms with Crippen molar-refractivity contribution in [1.82, 2.24) is 14.5 Å². The van der Waals surface area contributed by atoms with Crippen LogP contribution in [0.1, 0.15) is 63.8 Å². The maximum Gasteiger partial charge on any atom is 0.135 e. The molecule has 5 heterocycles. The quantitative estimate of drug-likeness (QED) is 0.160. The fourth-order valence-corrected chi connectivity index (χ4v) is 8.35. The third-order valence-corrected chi connectivity index (χ3v) is 11.3. The summed E-state index contributed by atoms with van der Waals surface area (Å²) in [7, 11) is 0. The smallest absolute Gasteiger partial charge is 0.135 e. The van der Waals surface area contributed by atoms with Gasteiger partial charge in [-0.2, -0.15) is 6.07 Å².